The van der Waals surface area contributed by atoms with E-state index < -0.39 is 0 Å². The number of allylic oxidation sites excluding steroid dienone is 1. The van der Waals surface area contributed by atoms with Crippen LogP contribution in [-0.4, -0.2) is 5.78 Å². The molecule has 0 saturated carbocycles. The predicted molar refractivity (Wildman–Crippen MR) is 75.5 cm³/mol. The quantitative estimate of drug-likeness (QED) is 0.626. The summed E-state index contributed by atoms with van der Waals surface area (Å²) in [7, 11) is 0. The molecule has 0 bridgehead atoms. The van der Waals surface area contributed by atoms with Crippen molar-refractivity contribution >= 4 is 11.9 Å². The number of hydrogen-bond acceptors (Lipinski definition) is 3. The summed E-state index contributed by atoms with van der Waals surface area (Å²) >= 11 is 0. The lowest BCUT2D eigenvalue weighted by Gasteiger charge is -2.01. The highest BCUT2D eigenvalue weighted by Crippen LogP contribution is 2.13. The van der Waals surface area contributed by atoms with Crippen molar-refractivity contribution in [1.82, 2.24) is 0 Å². The zero-order valence-corrected chi connectivity index (χ0v) is 10.6. The van der Waals surface area contributed by atoms with Crippen molar-refractivity contribution in [3.63, 3.8) is 0 Å². The van der Waals surface area contributed by atoms with Crippen LogP contribution in [0.3, 0.4) is 0 Å². The minimum absolute atomic E-state index is 0.0344. The van der Waals surface area contributed by atoms with Crippen molar-refractivity contribution < 1.29 is 4.79 Å². The second-order valence-corrected chi connectivity index (χ2v) is 4.10. The monoisotopic (exact) mass is 258 g/mol. The third-order valence-corrected chi connectivity index (χ3v) is 2.76. The fourth-order valence-electron chi connectivity index (χ4n) is 1.74. The summed E-state index contributed by atoms with van der Waals surface area (Å²) < 4.78 is 0. The molecule has 0 aliphatic rings. The molecule has 0 atom stereocenters. The first-order chi connectivity index (χ1) is 9.74. The van der Waals surface area contributed by atoms with E-state index in [1.54, 1.807) is 48.5 Å². The van der Waals surface area contributed by atoms with E-state index in [-0.39, 0.29) is 11.4 Å². The van der Waals surface area contributed by atoms with Crippen LogP contribution in [0.5, 0.6) is 0 Å². The molecular weight excluding hydrogens is 248 g/mol. The van der Waals surface area contributed by atoms with Crippen LogP contribution in [0.4, 0.5) is 0 Å². The molecule has 0 fully saturated rings. The molecule has 0 aromatic heterocycles. The maximum absolute atomic E-state index is 12.2. The van der Waals surface area contributed by atoms with Crippen LogP contribution in [0, 0.1) is 22.7 Å². The molecule has 2 aromatic carbocycles. The van der Waals surface area contributed by atoms with Gasteiger partial charge in [-0.05, 0) is 11.6 Å². The predicted octanol–water partition coefficient (Wildman–Crippen LogP) is 3.35. The molecule has 94 valence electrons. The van der Waals surface area contributed by atoms with E-state index in [0.717, 1.165) is 0 Å². The molecule has 0 amide bonds. The molecule has 0 heterocycles. The standard InChI is InChI=1S/C17H10N2O/c18-11-14(12-19)10-13-6-8-16(9-7-13)17(20)15-4-2-1-3-5-15/h1-10H. The van der Waals surface area contributed by atoms with Crippen molar-refractivity contribution in [3.8, 4) is 12.1 Å². The van der Waals surface area contributed by atoms with Crippen LogP contribution in [0.2, 0.25) is 0 Å². The van der Waals surface area contributed by atoms with Gasteiger partial charge in [0.2, 0.25) is 0 Å². The number of nitriles is 2. The number of hydrogen-bond donors (Lipinski definition) is 0. The van der Waals surface area contributed by atoms with E-state index in [1.165, 1.54) is 6.08 Å². The van der Waals surface area contributed by atoms with Gasteiger partial charge in [0, 0.05) is 11.1 Å². The van der Waals surface area contributed by atoms with Gasteiger partial charge in [-0.1, -0.05) is 54.6 Å². The molecule has 0 radical (unpaired) electrons. The van der Waals surface area contributed by atoms with E-state index in [0.29, 0.717) is 16.7 Å². The van der Waals surface area contributed by atoms with Gasteiger partial charge in [-0.25, -0.2) is 0 Å². The number of rotatable bonds is 3. The van der Waals surface area contributed by atoms with Gasteiger partial charge in [-0.15, -0.1) is 0 Å². The van der Waals surface area contributed by atoms with Crippen LogP contribution in [0.15, 0.2) is 60.2 Å². The topological polar surface area (TPSA) is 64.7 Å². The van der Waals surface area contributed by atoms with E-state index >= 15 is 0 Å². The molecule has 2 aromatic rings. The molecule has 3 nitrogen and oxygen atoms in total. The van der Waals surface area contributed by atoms with Crippen LogP contribution in [0.1, 0.15) is 21.5 Å². The molecule has 20 heavy (non-hydrogen) atoms. The van der Waals surface area contributed by atoms with Crippen molar-refractivity contribution in [2.75, 3.05) is 0 Å². The van der Waals surface area contributed by atoms with Gasteiger partial charge >= 0.3 is 0 Å². The first kappa shape index (κ1) is 13.3. The summed E-state index contributed by atoms with van der Waals surface area (Å²) in [5, 5.41) is 17.4. The fourth-order valence-corrected chi connectivity index (χ4v) is 1.74. The highest BCUT2D eigenvalue weighted by Gasteiger charge is 2.07. The SMILES string of the molecule is N#CC(C#N)=Cc1ccc(C(=O)c2ccccc2)cc1. The molecule has 0 saturated heterocycles. The number of carbonyl (C=O) groups excluding carboxylic acids is 1. The smallest absolute Gasteiger partial charge is 0.193 e. The first-order valence-electron chi connectivity index (χ1n) is 5.96. The lowest BCUT2D eigenvalue weighted by Crippen LogP contribution is -2.00. The summed E-state index contributed by atoms with van der Waals surface area (Å²) in [5.74, 6) is -0.0538. The highest BCUT2D eigenvalue weighted by molar-refractivity contribution is 6.09. The summed E-state index contributed by atoms with van der Waals surface area (Å²) in [4.78, 5) is 12.2. The second kappa shape index (κ2) is 6.13. The Morgan fingerprint density at radius 3 is 1.95 bits per heavy atom. The van der Waals surface area contributed by atoms with Gasteiger partial charge in [0.1, 0.15) is 17.7 Å². The molecule has 0 aliphatic carbocycles. The van der Waals surface area contributed by atoms with Crippen molar-refractivity contribution in [2.24, 2.45) is 0 Å². The minimum Gasteiger partial charge on any atom is -0.289 e. The van der Waals surface area contributed by atoms with Gasteiger partial charge in [0.25, 0.3) is 0 Å². The number of ketones is 1. The zero-order chi connectivity index (χ0) is 14.4. The van der Waals surface area contributed by atoms with Crippen LogP contribution < -0.4 is 0 Å². The first-order valence-corrected chi connectivity index (χ1v) is 5.96. The third kappa shape index (κ3) is 2.98. The van der Waals surface area contributed by atoms with Gasteiger partial charge in [-0.3, -0.25) is 4.79 Å². The Hall–Kier alpha value is -3.17. The number of benzene rings is 2. The largest absolute Gasteiger partial charge is 0.289 e. The van der Waals surface area contributed by atoms with Crippen LogP contribution >= 0.6 is 0 Å². The average molecular weight is 258 g/mol. The van der Waals surface area contributed by atoms with Gasteiger partial charge in [0.15, 0.2) is 5.78 Å². The highest BCUT2D eigenvalue weighted by atomic mass is 16.1. The van der Waals surface area contributed by atoms with Gasteiger partial charge < -0.3 is 0 Å². The Labute approximate surface area is 117 Å². The van der Waals surface area contributed by atoms with E-state index in [9.17, 15) is 4.79 Å². The maximum Gasteiger partial charge on any atom is 0.193 e. The normalized spacial score (nSPS) is 9.10. The lowest BCUT2D eigenvalue weighted by molar-refractivity contribution is 0.103. The van der Waals surface area contributed by atoms with Crippen LogP contribution in [0.25, 0.3) is 6.08 Å². The second-order valence-electron chi connectivity index (χ2n) is 4.10. The maximum atomic E-state index is 12.2. The van der Waals surface area contributed by atoms with Gasteiger partial charge in [-0.2, -0.15) is 10.5 Å². The van der Waals surface area contributed by atoms with Crippen LogP contribution in [-0.2, 0) is 0 Å². The number of nitrogens with zero attached hydrogens (tertiary/aromatic N) is 2. The molecule has 3 heteroatoms. The molecule has 0 N–H and O–H groups in total. The summed E-state index contributed by atoms with van der Waals surface area (Å²) in [6.07, 6.45) is 1.48. The Bertz CT molecular complexity index is 713. The molecule has 2 rings (SSSR count). The van der Waals surface area contributed by atoms with Crippen molar-refractivity contribution in [2.45, 2.75) is 0 Å². The fraction of sp³-hybridized carbons (Fsp3) is 0. The van der Waals surface area contributed by atoms with Gasteiger partial charge in [0.05, 0.1) is 0 Å². The third-order valence-electron chi connectivity index (χ3n) is 2.76. The van der Waals surface area contributed by atoms with Crippen molar-refractivity contribution in [3.05, 3.63) is 76.9 Å². The Balaban J connectivity index is 2.26. The zero-order valence-electron chi connectivity index (χ0n) is 10.6. The summed E-state index contributed by atoms with van der Waals surface area (Å²) in [6.45, 7) is 0. The van der Waals surface area contributed by atoms with E-state index in [4.69, 9.17) is 10.5 Å². The molecular formula is C17H10N2O. The minimum atomic E-state index is -0.0538. The summed E-state index contributed by atoms with van der Waals surface area (Å²) in [6, 6.07) is 19.4. The molecule has 0 unspecified atom stereocenters. The molecule has 0 spiro atoms. The Morgan fingerprint density at radius 1 is 0.850 bits per heavy atom. The summed E-state index contributed by atoms with van der Waals surface area (Å²) in [5.41, 5.74) is 1.95. The lowest BCUT2D eigenvalue weighted by atomic mass is 10.0. The Kier molecular flexibility index (Phi) is 4.07. The average Bonchev–Trinajstić information content (AvgIpc) is 2.53. The molecule has 0 aliphatic heterocycles. The van der Waals surface area contributed by atoms with Crippen molar-refractivity contribution in [1.29, 1.82) is 10.5 Å². The van der Waals surface area contributed by atoms with E-state index in [2.05, 4.69) is 0 Å². The van der Waals surface area contributed by atoms with E-state index in [1.807, 2.05) is 18.2 Å². The Morgan fingerprint density at radius 2 is 1.40 bits per heavy atom. The number of carbonyl (C=O) groups is 1.